The molecule has 0 fully saturated rings. The highest BCUT2D eigenvalue weighted by atomic mass is 35.5. The van der Waals surface area contributed by atoms with E-state index in [0.717, 1.165) is 11.6 Å². The van der Waals surface area contributed by atoms with Gasteiger partial charge in [-0.05, 0) is 38.1 Å². The summed E-state index contributed by atoms with van der Waals surface area (Å²) in [6, 6.07) is 10.1. The van der Waals surface area contributed by atoms with Crippen LogP contribution in [0.4, 0.5) is 5.69 Å². The molecule has 0 unspecified atom stereocenters. The molecule has 2 aromatic rings. The Balaban J connectivity index is 1.81. The maximum absolute atomic E-state index is 12.2. The lowest BCUT2D eigenvalue weighted by Gasteiger charge is -2.14. The highest BCUT2D eigenvalue weighted by Gasteiger charge is 2.21. The van der Waals surface area contributed by atoms with Crippen LogP contribution in [0.25, 0.3) is 0 Å². The van der Waals surface area contributed by atoms with Gasteiger partial charge in [0.05, 0.1) is 4.92 Å². The monoisotopic (exact) mass is 406 g/mol. The first-order valence-electron chi connectivity index (χ1n) is 8.39. The number of ether oxygens (including phenoxy) is 2. The summed E-state index contributed by atoms with van der Waals surface area (Å²) in [6.45, 7) is 3.59. The van der Waals surface area contributed by atoms with Crippen molar-refractivity contribution in [2.45, 2.75) is 19.9 Å². The van der Waals surface area contributed by atoms with Crippen molar-refractivity contribution in [1.82, 2.24) is 5.32 Å². The Morgan fingerprint density at radius 2 is 1.86 bits per heavy atom. The number of aryl methyl sites for hydroxylation is 1. The number of nitro benzene ring substituents is 1. The first-order chi connectivity index (χ1) is 13.3. The normalized spacial score (nSPS) is 11.4. The maximum Gasteiger partial charge on any atom is 0.328 e. The van der Waals surface area contributed by atoms with Crippen LogP contribution in [0.15, 0.2) is 42.5 Å². The van der Waals surface area contributed by atoms with Crippen LogP contribution in [0.1, 0.15) is 22.8 Å². The summed E-state index contributed by atoms with van der Waals surface area (Å²) in [5.74, 6) is -0.642. The molecule has 0 heterocycles. The number of nitro groups is 1. The molecule has 1 atom stereocenters. The molecule has 148 valence electrons. The fourth-order valence-corrected chi connectivity index (χ4v) is 2.38. The van der Waals surface area contributed by atoms with Gasteiger partial charge in [0.2, 0.25) is 0 Å². The van der Waals surface area contributed by atoms with Gasteiger partial charge in [0.1, 0.15) is 30.0 Å². The van der Waals surface area contributed by atoms with Crippen LogP contribution < -0.4 is 10.1 Å². The topological polar surface area (TPSA) is 108 Å². The third-order valence-electron chi connectivity index (χ3n) is 3.72. The highest BCUT2D eigenvalue weighted by molar-refractivity contribution is 6.32. The van der Waals surface area contributed by atoms with E-state index in [0.29, 0.717) is 5.75 Å². The van der Waals surface area contributed by atoms with E-state index in [-0.39, 0.29) is 23.8 Å². The summed E-state index contributed by atoms with van der Waals surface area (Å²) in [5.41, 5.74) is 0.727. The molecule has 0 aliphatic carbocycles. The molecule has 0 spiro atoms. The predicted octanol–water partition coefficient (Wildman–Crippen LogP) is 3.30. The van der Waals surface area contributed by atoms with E-state index in [1.54, 1.807) is 0 Å². The molecule has 1 amide bonds. The zero-order chi connectivity index (χ0) is 20.7. The van der Waals surface area contributed by atoms with Gasteiger partial charge in [0.15, 0.2) is 0 Å². The maximum atomic E-state index is 12.2. The first kappa shape index (κ1) is 21.2. The Kier molecular flexibility index (Phi) is 7.34. The minimum atomic E-state index is -0.943. The lowest BCUT2D eigenvalue weighted by Crippen LogP contribution is -2.40. The van der Waals surface area contributed by atoms with Gasteiger partial charge in [-0.1, -0.05) is 29.3 Å². The minimum absolute atomic E-state index is 0.0125. The predicted molar refractivity (Wildman–Crippen MR) is 103 cm³/mol. The van der Waals surface area contributed by atoms with Crippen molar-refractivity contribution >= 4 is 29.2 Å². The van der Waals surface area contributed by atoms with Gasteiger partial charge >= 0.3 is 5.97 Å². The zero-order valence-electron chi connectivity index (χ0n) is 15.3. The van der Waals surface area contributed by atoms with E-state index in [4.69, 9.17) is 21.1 Å². The Bertz CT molecular complexity index is 869. The lowest BCUT2D eigenvalue weighted by molar-refractivity contribution is -0.384. The largest absolute Gasteiger partial charge is 0.490 e. The third kappa shape index (κ3) is 5.95. The average molecular weight is 407 g/mol. The molecule has 2 rings (SSSR count). The number of benzene rings is 2. The molecule has 28 heavy (non-hydrogen) atoms. The van der Waals surface area contributed by atoms with Crippen LogP contribution in [0.3, 0.4) is 0 Å². The van der Waals surface area contributed by atoms with Crippen molar-refractivity contribution in [2.24, 2.45) is 0 Å². The molecule has 2 aromatic carbocycles. The summed E-state index contributed by atoms with van der Waals surface area (Å²) in [5, 5.41) is 13.2. The number of nitrogens with one attached hydrogen (secondary N) is 1. The number of carbonyl (C=O) groups excluding carboxylic acids is 2. The number of esters is 1. The van der Waals surface area contributed by atoms with E-state index < -0.39 is 28.5 Å². The van der Waals surface area contributed by atoms with Gasteiger partial charge in [-0.25, -0.2) is 4.79 Å². The van der Waals surface area contributed by atoms with Gasteiger partial charge < -0.3 is 14.8 Å². The molecule has 0 aliphatic heterocycles. The molecule has 8 nitrogen and oxygen atoms in total. The van der Waals surface area contributed by atoms with E-state index in [1.807, 2.05) is 31.2 Å². The van der Waals surface area contributed by atoms with Crippen LogP contribution >= 0.6 is 11.6 Å². The Morgan fingerprint density at radius 3 is 2.50 bits per heavy atom. The third-order valence-corrected chi connectivity index (χ3v) is 4.04. The lowest BCUT2D eigenvalue weighted by atomic mass is 10.1. The van der Waals surface area contributed by atoms with Crippen LogP contribution in [0.2, 0.25) is 5.02 Å². The molecule has 0 aromatic heterocycles. The minimum Gasteiger partial charge on any atom is -0.490 e. The van der Waals surface area contributed by atoms with E-state index in [1.165, 1.54) is 19.1 Å². The van der Waals surface area contributed by atoms with Crippen LogP contribution in [0.5, 0.6) is 5.75 Å². The average Bonchev–Trinajstić information content (AvgIpc) is 2.66. The van der Waals surface area contributed by atoms with Crippen LogP contribution in [-0.4, -0.2) is 36.1 Å². The quantitative estimate of drug-likeness (QED) is 0.312. The highest BCUT2D eigenvalue weighted by Crippen LogP contribution is 2.25. The smallest absolute Gasteiger partial charge is 0.328 e. The number of rotatable bonds is 8. The van der Waals surface area contributed by atoms with Gasteiger partial charge in [-0.15, -0.1) is 0 Å². The molecule has 0 saturated carbocycles. The molecular weight excluding hydrogens is 388 g/mol. The fourth-order valence-electron chi connectivity index (χ4n) is 2.19. The van der Waals surface area contributed by atoms with Gasteiger partial charge in [-0.3, -0.25) is 14.9 Å². The van der Waals surface area contributed by atoms with Crippen LogP contribution in [-0.2, 0) is 9.53 Å². The van der Waals surface area contributed by atoms with E-state index >= 15 is 0 Å². The second kappa shape index (κ2) is 9.70. The number of halogens is 1. The SMILES string of the molecule is Cc1ccc(OCCOC(=O)[C@H](C)NC(=O)c2ccc(Cl)c([N+](=O)[O-])c2)cc1. The molecule has 0 saturated heterocycles. The van der Waals surface area contributed by atoms with Crippen molar-refractivity contribution in [3.8, 4) is 5.75 Å². The molecule has 9 heteroatoms. The molecule has 0 radical (unpaired) electrons. The van der Waals surface area contributed by atoms with Crippen molar-refractivity contribution < 1.29 is 24.0 Å². The van der Waals surface area contributed by atoms with Crippen molar-refractivity contribution in [3.05, 3.63) is 68.7 Å². The number of hydrogen-bond acceptors (Lipinski definition) is 6. The summed E-state index contributed by atoms with van der Waals surface area (Å²) < 4.78 is 10.5. The van der Waals surface area contributed by atoms with E-state index in [9.17, 15) is 19.7 Å². The second-order valence-electron chi connectivity index (χ2n) is 5.95. The van der Waals surface area contributed by atoms with Gasteiger partial charge in [0, 0.05) is 11.6 Å². The standard InChI is InChI=1S/C19H19ClN2O6/c1-12-3-6-15(7-4-12)27-9-10-28-19(24)13(2)21-18(23)14-5-8-16(20)17(11-14)22(25)26/h3-8,11,13H,9-10H2,1-2H3,(H,21,23)/t13-/m0/s1. The van der Waals surface area contributed by atoms with Crippen LogP contribution in [0, 0.1) is 17.0 Å². The number of carbonyl (C=O) groups is 2. The van der Waals surface area contributed by atoms with Gasteiger partial charge in [0.25, 0.3) is 11.6 Å². The number of hydrogen-bond donors (Lipinski definition) is 1. The zero-order valence-corrected chi connectivity index (χ0v) is 16.1. The van der Waals surface area contributed by atoms with Crippen molar-refractivity contribution in [2.75, 3.05) is 13.2 Å². The van der Waals surface area contributed by atoms with Crippen molar-refractivity contribution in [1.29, 1.82) is 0 Å². The summed E-state index contributed by atoms with van der Waals surface area (Å²) in [6.07, 6.45) is 0. The molecule has 0 aliphatic rings. The summed E-state index contributed by atoms with van der Waals surface area (Å²) >= 11 is 5.72. The van der Waals surface area contributed by atoms with Gasteiger partial charge in [-0.2, -0.15) is 0 Å². The summed E-state index contributed by atoms with van der Waals surface area (Å²) in [4.78, 5) is 34.4. The second-order valence-corrected chi connectivity index (χ2v) is 6.35. The fraction of sp³-hybridized carbons (Fsp3) is 0.263. The Morgan fingerprint density at radius 1 is 1.18 bits per heavy atom. The number of amides is 1. The molecule has 1 N–H and O–H groups in total. The Hall–Kier alpha value is -3.13. The first-order valence-corrected chi connectivity index (χ1v) is 8.76. The molecular formula is C19H19ClN2O6. The Labute approximate surface area is 166 Å². The molecule has 0 bridgehead atoms. The van der Waals surface area contributed by atoms with E-state index in [2.05, 4.69) is 5.32 Å². The number of nitrogens with zero attached hydrogens (tertiary/aromatic N) is 1. The van der Waals surface area contributed by atoms with Crippen molar-refractivity contribution in [3.63, 3.8) is 0 Å². The summed E-state index contributed by atoms with van der Waals surface area (Å²) in [7, 11) is 0.